The van der Waals surface area contributed by atoms with Crippen molar-refractivity contribution in [3.63, 3.8) is 0 Å². The predicted octanol–water partition coefficient (Wildman–Crippen LogP) is 3.60. The quantitative estimate of drug-likeness (QED) is 0.695. The fourth-order valence-corrected chi connectivity index (χ4v) is 3.30. The first-order chi connectivity index (χ1) is 13.7. The molecule has 1 saturated heterocycles. The second-order valence-corrected chi connectivity index (χ2v) is 6.78. The summed E-state index contributed by atoms with van der Waals surface area (Å²) >= 11 is 0. The molecular weight excluding hydrogens is 358 g/mol. The first-order valence-corrected chi connectivity index (χ1v) is 9.40. The van der Waals surface area contributed by atoms with Crippen molar-refractivity contribution in [1.82, 2.24) is 4.90 Å². The lowest BCUT2D eigenvalue weighted by Gasteiger charge is -2.25. The lowest BCUT2D eigenvalue weighted by molar-refractivity contribution is -0.156. The van der Waals surface area contributed by atoms with Crippen LogP contribution in [0.2, 0.25) is 0 Å². The zero-order valence-corrected chi connectivity index (χ0v) is 16.3. The average molecular weight is 385 g/mol. The summed E-state index contributed by atoms with van der Waals surface area (Å²) < 4.78 is 22.2. The topological polar surface area (TPSA) is 57.2 Å². The number of benzene rings is 2. The van der Waals surface area contributed by atoms with Crippen molar-refractivity contribution in [2.75, 3.05) is 20.8 Å². The minimum atomic E-state index is -0.422. The largest absolute Gasteiger partial charge is 0.445 e. The first-order valence-electron chi connectivity index (χ1n) is 9.40. The molecule has 0 radical (unpaired) electrons. The maximum Gasteiger partial charge on any atom is 0.410 e. The number of rotatable bonds is 8. The average Bonchev–Trinajstić information content (AvgIpc) is 3.15. The second kappa shape index (κ2) is 10.2. The molecule has 1 amide bonds. The summed E-state index contributed by atoms with van der Waals surface area (Å²) in [6.45, 7) is 1.09. The van der Waals surface area contributed by atoms with E-state index in [1.807, 2.05) is 60.7 Å². The van der Waals surface area contributed by atoms with Crippen LogP contribution in [0.3, 0.4) is 0 Å². The summed E-state index contributed by atoms with van der Waals surface area (Å²) in [5.41, 5.74) is 1.98. The molecule has 1 unspecified atom stereocenters. The van der Waals surface area contributed by atoms with Crippen LogP contribution in [0, 0.1) is 0 Å². The van der Waals surface area contributed by atoms with E-state index in [0.717, 1.165) is 11.1 Å². The van der Waals surface area contributed by atoms with Crippen LogP contribution in [0.5, 0.6) is 0 Å². The minimum Gasteiger partial charge on any atom is -0.445 e. The summed E-state index contributed by atoms with van der Waals surface area (Å²) in [5, 5.41) is 0. The van der Waals surface area contributed by atoms with Gasteiger partial charge in [0, 0.05) is 27.2 Å². The zero-order chi connectivity index (χ0) is 19.8. The number of amides is 1. The molecule has 0 saturated carbocycles. The van der Waals surface area contributed by atoms with Gasteiger partial charge >= 0.3 is 6.09 Å². The number of carbonyl (C=O) groups excluding carboxylic acids is 1. The van der Waals surface area contributed by atoms with Crippen LogP contribution in [0.25, 0.3) is 0 Å². The SMILES string of the molecule is COC1O[C@H](CN(Cc2ccccc2)C(=O)OCc2ccccc2)C[C@H]1OC. The van der Waals surface area contributed by atoms with Gasteiger partial charge in [0.1, 0.15) is 12.7 Å². The van der Waals surface area contributed by atoms with Crippen molar-refractivity contribution < 1.29 is 23.7 Å². The van der Waals surface area contributed by atoms with Crippen LogP contribution >= 0.6 is 0 Å². The summed E-state index contributed by atoms with van der Waals surface area (Å²) in [7, 11) is 3.23. The normalized spacial score (nSPS) is 21.4. The van der Waals surface area contributed by atoms with E-state index in [1.165, 1.54) is 0 Å². The number of hydrogen-bond donors (Lipinski definition) is 0. The van der Waals surface area contributed by atoms with Gasteiger partial charge < -0.3 is 23.8 Å². The number of carbonyl (C=O) groups is 1. The molecule has 3 rings (SSSR count). The summed E-state index contributed by atoms with van der Waals surface area (Å²) in [6.07, 6.45) is -0.455. The van der Waals surface area contributed by atoms with E-state index < -0.39 is 6.29 Å². The Morgan fingerprint density at radius 1 is 1.00 bits per heavy atom. The molecule has 2 aromatic rings. The monoisotopic (exact) mass is 385 g/mol. The number of ether oxygens (including phenoxy) is 4. The highest BCUT2D eigenvalue weighted by Gasteiger charge is 2.37. The van der Waals surface area contributed by atoms with E-state index in [0.29, 0.717) is 19.5 Å². The molecule has 1 heterocycles. The fraction of sp³-hybridized carbons (Fsp3) is 0.409. The van der Waals surface area contributed by atoms with Gasteiger partial charge in [-0.15, -0.1) is 0 Å². The number of nitrogens with zero attached hydrogens (tertiary/aromatic N) is 1. The van der Waals surface area contributed by atoms with Crippen LogP contribution in [-0.4, -0.2) is 50.3 Å². The van der Waals surface area contributed by atoms with E-state index in [-0.39, 0.29) is 24.9 Å². The highest BCUT2D eigenvalue weighted by molar-refractivity contribution is 5.67. The predicted molar refractivity (Wildman–Crippen MR) is 105 cm³/mol. The van der Waals surface area contributed by atoms with Gasteiger partial charge in [-0.1, -0.05) is 60.7 Å². The molecule has 1 aliphatic rings. The van der Waals surface area contributed by atoms with Gasteiger partial charge in [-0.3, -0.25) is 0 Å². The molecule has 150 valence electrons. The molecule has 1 aliphatic heterocycles. The number of methoxy groups -OCH3 is 2. The summed E-state index contributed by atoms with van der Waals surface area (Å²) in [5.74, 6) is 0. The lowest BCUT2D eigenvalue weighted by Crippen LogP contribution is -2.37. The van der Waals surface area contributed by atoms with E-state index in [1.54, 1.807) is 19.1 Å². The maximum atomic E-state index is 12.8. The fourth-order valence-electron chi connectivity index (χ4n) is 3.30. The molecule has 6 heteroatoms. The van der Waals surface area contributed by atoms with Gasteiger partial charge in [-0.05, 0) is 11.1 Å². The number of hydrogen-bond acceptors (Lipinski definition) is 5. The van der Waals surface area contributed by atoms with E-state index in [4.69, 9.17) is 18.9 Å². The van der Waals surface area contributed by atoms with E-state index in [2.05, 4.69) is 0 Å². The van der Waals surface area contributed by atoms with Crippen LogP contribution in [0.1, 0.15) is 17.5 Å². The maximum absolute atomic E-state index is 12.8. The molecule has 1 fully saturated rings. The van der Waals surface area contributed by atoms with Crippen LogP contribution in [-0.2, 0) is 32.1 Å². The molecule has 3 atom stereocenters. The van der Waals surface area contributed by atoms with Gasteiger partial charge in [-0.2, -0.15) is 0 Å². The Labute approximate surface area is 166 Å². The van der Waals surface area contributed by atoms with Gasteiger partial charge in [0.05, 0.1) is 12.6 Å². The molecule has 0 bridgehead atoms. The third-order valence-corrected chi connectivity index (χ3v) is 4.76. The van der Waals surface area contributed by atoms with Gasteiger partial charge in [0.15, 0.2) is 6.29 Å². The van der Waals surface area contributed by atoms with Crippen molar-refractivity contribution in [3.8, 4) is 0 Å². The Hall–Kier alpha value is -2.41. The lowest BCUT2D eigenvalue weighted by atomic mass is 10.1. The standard InChI is InChI=1S/C22H27NO5/c1-25-20-13-19(28-21(20)26-2)15-23(14-17-9-5-3-6-10-17)22(24)27-16-18-11-7-4-8-12-18/h3-12,19-21H,13-16H2,1-2H3/t19-,20+,21?/m0/s1. The summed E-state index contributed by atoms with van der Waals surface area (Å²) in [4.78, 5) is 14.5. The molecule has 28 heavy (non-hydrogen) atoms. The van der Waals surface area contributed by atoms with Crippen molar-refractivity contribution >= 4 is 6.09 Å². The van der Waals surface area contributed by atoms with Crippen molar-refractivity contribution in [2.45, 2.75) is 38.1 Å². The van der Waals surface area contributed by atoms with E-state index >= 15 is 0 Å². The Kier molecular flexibility index (Phi) is 7.42. The molecule has 0 spiro atoms. The Bertz CT molecular complexity index is 712. The molecule has 0 aliphatic carbocycles. The van der Waals surface area contributed by atoms with Crippen LogP contribution < -0.4 is 0 Å². The third kappa shape index (κ3) is 5.55. The highest BCUT2D eigenvalue weighted by atomic mass is 16.7. The molecule has 0 N–H and O–H groups in total. The van der Waals surface area contributed by atoms with Gasteiger partial charge in [-0.25, -0.2) is 4.79 Å². The zero-order valence-electron chi connectivity index (χ0n) is 16.3. The first kappa shape index (κ1) is 20.3. The van der Waals surface area contributed by atoms with Crippen molar-refractivity contribution in [2.24, 2.45) is 0 Å². The molecule has 6 nitrogen and oxygen atoms in total. The van der Waals surface area contributed by atoms with Crippen LogP contribution in [0.15, 0.2) is 60.7 Å². The summed E-state index contributed by atoms with van der Waals surface area (Å²) in [6, 6.07) is 19.5. The van der Waals surface area contributed by atoms with Gasteiger partial charge in [0.2, 0.25) is 0 Å². The molecule has 0 aromatic heterocycles. The van der Waals surface area contributed by atoms with Crippen molar-refractivity contribution in [1.29, 1.82) is 0 Å². The Morgan fingerprint density at radius 2 is 1.64 bits per heavy atom. The van der Waals surface area contributed by atoms with Gasteiger partial charge in [0.25, 0.3) is 0 Å². The van der Waals surface area contributed by atoms with E-state index in [9.17, 15) is 4.79 Å². The van der Waals surface area contributed by atoms with Crippen LogP contribution in [0.4, 0.5) is 4.79 Å². The highest BCUT2D eigenvalue weighted by Crippen LogP contribution is 2.25. The molecule has 2 aromatic carbocycles. The minimum absolute atomic E-state index is 0.145. The Balaban J connectivity index is 1.65. The Morgan fingerprint density at radius 3 is 2.21 bits per heavy atom. The van der Waals surface area contributed by atoms with Crippen molar-refractivity contribution in [3.05, 3.63) is 71.8 Å². The molecular formula is C22H27NO5. The second-order valence-electron chi connectivity index (χ2n) is 6.78. The smallest absolute Gasteiger partial charge is 0.410 e. The third-order valence-electron chi connectivity index (χ3n) is 4.76.